The number of unbranched alkanes of at least 4 members (excludes halogenated alkanes) is 1. The first-order valence-corrected chi connectivity index (χ1v) is 12.8. The van der Waals surface area contributed by atoms with Gasteiger partial charge in [0.05, 0.1) is 33.6 Å². The van der Waals surface area contributed by atoms with E-state index in [0.717, 1.165) is 31.9 Å². The highest BCUT2D eigenvalue weighted by Crippen LogP contribution is 2.30. The lowest BCUT2D eigenvalue weighted by atomic mass is 10.2. The fourth-order valence-corrected chi connectivity index (χ4v) is 5.19. The number of nitrogens with zero attached hydrogens (tertiary/aromatic N) is 2. The molecule has 8 nitrogen and oxygen atoms in total. The molecule has 4 aromatic rings. The number of hydrogen-bond acceptors (Lipinski definition) is 8. The maximum absolute atomic E-state index is 12.3. The molecule has 4 rings (SSSR count). The maximum Gasteiger partial charge on any atom is 0.226 e. The number of ether oxygens (including phenoxy) is 2. The molecule has 2 aromatic carbocycles. The monoisotopic (exact) mass is 498 g/mol. The molecule has 0 spiro atoms. The van der Waals surface area contributed by atoms with Crippen LogP contribution in [0.4, 0.5) is 10.3 Å². The van der Waals surface area contributed by atoms with Gasteiger partial charge in [-0.1, -0.05) is 22.7 Å². The van der Waals surface area contributed by atoms with Gasteiger partial charge in [0.15, 0.2) is 10.3 Å². The zero-order valence-corrected chi connectivity index (χ0v) is 20.7. The molecule has 34 heavy (non-hydrogen) atoms. The molecular formula is C24H26N4O4S2. The van der Waals surface area contributed by atoms with Gasteiger partial charge in [0.2, 0.25) is 11.8 Å². The number of carbonyl (C=O) groups is 2. The minimum absolute atomic E-state index is 0.110. The van der Waals surface area contributed by atoms with Crippen LogP contribution in [0.3, 0.4) is 0 Å². The zero-order chi connectivity index (χ0) is 23.9. The van der Waals surface area contributed by atoms with Crippen LogP contribution < -0.4 is 20.1 Å². The van der Waals surface area contributed by atoms with E-state index in [1.165, 1.54) is 22.7 Å². The van der Waals surface area contributed by atoms with Crippen LogP contribution in [0.1, 0.15) is 39.5 Å². The predicted octanol–water partition coefficient (Wildman–Crippen LogP) is 5.84. The lowest BCUT2D eigenvalue weighted by Gasteiger charge is -2.02. The molecule has 0 saturated carbocycles. The standard InChI is InChI=1S/C24H26N4O4S2/c1-3-31-15-9-11-17-19(13-15)33-23(25-17)27-21(29)7-5-6-8-22(30)28-24-26-18-12-10-16(32-4-2)14-20(18)34-24/h9-14H,3-8H2,1-2H3,(H,25,27,29)(H,26,28,30). The number of fused-ring (bicyclic) bond motifs is 2. The van der Waals surface area contributed by atoms with Crippen LogP contribution in [-0.4, -0.2) is 35.0 Å². The second-order valence-electron chi connectivity index (χ2n) is 7.47. The zero-order valence-electron chi connectivity index (χ0n) is 19.1. The summed E-state index contributed by atoms with van der Waals surface area (Å²) in [7, 11) is 0. The van der Waals surface area contributed by atoms with Crippen molar-refractivity contribution in [3.63, 3.8) is 0 Å². The molecule has 178 valence electrons. The molecule has 10 heteroatoms. The smallest absolute Gasteiger partial charge is 0.226 e. The number of hydrogen-bond donors (Lipinski definition) is 2. The van der Waals surface area contributed by atoms with Gasteiger partial charge in [0, 0.05) is 12.8 Å². The third-order valence-electron chi connectivity index (χ3n) is 4.89. The van der Waals surface area contributed by atoms with Crippen LogP contribution in [0, 0.1) is 0 Å². The van der Waals surface area contributed by atoms with E-state index in [9.17, 15) is 9.59 Å². The molecule has 0 unspecified atom stereocenters. The highest BCUT2D eigenvalue weighted by molar-refractivity contribution is 7.22. The molecule has 0 aliphatic rings. The molecule has 2 N–H and O–H groups in total. The summed E-state index contributed by atoms with van der Waals surface area (Å²) in [6, 6.07) is 11.4. The van der Waals surface area contributed by atoms with E-state index >= 15 is 0 Å². The van der Waals surface area contributed by atoms with Gasteiger partial charge in [0.1, 0.15) is 11.5 Å². The lowest BCUT2D eigenvalue weighted by molar-refractivity contribution is -0.118. The van der Waals surface area contributed by atoms with Crippen LogP contribution in [0.25, 0.3) is 20.4 Å². The Bertz CT molecular complexity index is 1200. The Morgan fingerprint density at radius 3 is 1.62 bits per heavy atom. The Kier molecular flexibility index (Phi) is 7.91. The van der Waals surface area contributed by atoms with Gasteiger partial charge in [-0.3, -0.25) is 9.59 Å². The van der Waals surface area contributed by atoms with Crippen LogP contribution in [0.2, 0.25) is 0 Å². The summed E-state index contributed by atoms with van der Waals surface area (Å²) in [4.78, 5) is 33.4. The first kappa shape index (κ1) is 23.9. The first-order chi connectivity index (χ1) is 16.5. The van der Waals surface area contributed by atoms with Gasteiger partial charge < -0.3 is 20.1 Å². The van der Waals surface area contributed by atoms with Crippen LogP contribution in [-0.2, 0) is 9.59 Å². The first-order valence-electron chi connectivity index (χ1n) is 11.2. The van der Waals surface area contributed by atoms with Gasteiger partial charge in [-0.25, -0.2) is 9.97 Å². The highest BCUT2D eigenvalue weighted by atomic mass is 32.1. The Labute approximate surface area is 205 Å². The van der Waals surface area contributed by atoms with Crippen LogP contribution in [0.5, 0.6) is 11.5 Å². The molecule has 0 aliphatic heterocycles. The van der Waals surface area contributed by atoms with Crippen molar-refractivity contribution in [1.82, 2.24) is 9.97 Å². The molecule has 0 radical (unpaired) electrons. The fraction of sp³-hybridized carbons (Fsp3) is 0.333. The largest absolute Gasteiger partial charge is 0.494 e. The highest BCUT2D eigenvalue weighted by Gasteiger charge is 2.11. The Morgan fingerprint density at radius 1 is 0.765 bits per heavy atom. The second-order valence-corrected chi connectivity index (χ2v) is 9.53. The summed E-state index contributed by atoms with van der Waals surface area (Å²) >= 11 is 2.83. The molecule has 0 saturated heterocycles. The van der Waals surface area contributed by atoms with Gasteiger partial charge in [-0.05, 0) is 63.1 Å². The van der Waals surface area contributed by atoms with Gasteiger partial charge >= 0.3 is 0 Å². The average molecular weight is 499 g/mol. The van der Waals surface area contributed by atoms with Crippen molar-refractivity contribution in [3.05, 3.63) is 36.4 Å². The minimum Gasteiger partial charge on any atom is -0.494 e. The molecular weight excluding hydrogens is 472 g/mol. The Morgan fingerprint density at radius 2 is 1.21 bits per heavy atom. The second kappa shape index (κ2) is 11.3. The summed E-state index contributed by atoms with van der Waals surface area (Å²) in [5.41, 5.74) is 1.65. The third kappa shape index (κ3) is 6.21. The van der Waals surface area contributed by atoms with Crippen molar-refractivity contribution in [2.24, 2.45) is 0 Å². The van der Waals surface area contributed by atoms with E-state index in [-0.39, 0.29) is 11.8 Å². The number of anilines is 2. The van der Waals surface area contributed by atoms with E-state index in [0.29, 0.717) is 49.2 Å². The summed E-state index contributed by atoms with van der Waals surface area (Å²) in [6.45, 7) is 5.07. The normalized spacial score (nSPS) is 11.0. The number of rotatable bonds is 11. The SMILES string of the molecule is CCOc1ccc2nc(NC(=O)CCCCC(=O)Nc3nc4ccc(OCC)cc4s3)sc2c1. The van der Waals surface area contributed by atoms with Crippen molar-refractivity contribution in [1.29, 1.82) is 0 Å². The Balaban J connectivity index is 1.20. The lowest BCUT2D eigenvalue weighted by Crippen LogP contribution is -2.13. The number of amides is 2. The van der Waals surface area contributed by atoms with E-state index in [4.69, 9.17) is 9.47 Å². The van der Waals surface area contributed by atoms with Gasteiger partial charge in [-0.2, -0.15) is 0 Å². The predicted molar refractivity (Wildman–Crippen MR) is 137 cm³/mol. The van der Waals surface area contributed by atoms with E-state index in [1.54, 1.807) is 0 Å². The van der Waals surface area contributed by atoms with Crippen LogP contribution >= 0.6 is 22.7 Å². The minimum atomic E-state index is -0.110. The van der Waals surface area contributed by atoms with E-state index < -0.39 is 0 Å². The third-order valence-corrected chi connectivity index (χ3v) is 6.76. The fourth-order valence-electron chi connectivity index (χ4n) is 3.36. The summed E-state index contributed by atoms with van der Waals surface area (Å²) in [6.07, 6.45) is 1.87. The summed E-state index contributed by atoms with van der Waals surface area (Å²) < 4.78 is 12.9. The van der Waals surface area contributed by atoms with E-state index in [2.05, 4.69) is 20.6 Å². The summed E-state index contributed by atoms with van der Waals surface area (Å²) in [5.74, 6) is 1.35. The van der Waals surface area contributed by atoms with Crippen molar-refractivity contribution in [2.75, 3.05) is 23.8 Å². The Hall–Kier alpha value is -3.24. The number of nitrogens with one attached hydrogen (secondary N) is 2. The molecule has 0 fully saturated rings. The van der Waals surface area contributed by atoms with Gasteiger partial charge in [0.25, 0.3) is 0 Å². The maximum atomic E-state index is 12.3. The van der Waals surface area contributed by atoms with Crippen molar-refractivity contribution >= 4 is 65.2 Å². The number of carbonyl (C=O) groups excluding carboxylic acids is 2. The van der Waals surface area contributed by atoms with Crippen molar-refractivity contribution < 1.29 is 19.1 Å². The van der Waals surface area contributed by atoms with Crippen molar-refractivity contribution in [3.8, 4) is 11.5 Å². The quantitative estimate of drug-likeness (QED) is 0.252. The van der Waals surface area contributed by atoms with Crippen molar-refractivity contribution in [2.45, 2.75) is 39.5 Å². The van der Waals surface area contributed by atoms with Crippen LogP contribution in [0.15, 0.2) is 36.4 Å². The average Bonchev–Trinajstić information content (AvgIpc) is 3.39. The van der Waals surface area contributed by atoms with E-state index in [1.807, 2.05) is 50.2 Å². The molecule has 2 amide bonds. The summed E-state index contributed by atoms with van der Waals surface area (Å²) in [5, 5.41) is 6.82. The van der Waals surface area contributed by atoms with Gasteiger partial charge in [-0.15, -0.1) is 0 Å². The molecule has 0 bridgehead atoms. The number of benzene rings is 2. The molecule has 0 aliphatic carbocycles. The number of aromatic nitrogens is 2. The number of thiazole rings is 2. The molecule has 0 atom stereocenters. The molecule has 2 aromatic heterocycles. The molecule has 2 heterocycles. The topological polar surface area (TPSA) is 102 Å².